The van der Waals surface area contributed by atoms with Crippen LogP contribution >= 0.6 is 0 Å². The summed E-state index contributed by atoms with van der Waals surface area (Å²) in [7, 11) is 1.68. The van der Waals surface area contributed by atoms with Crippen LogP contribution in [0.4, 0.5) is 0 Å². The Balaban J connectivity index is -0.000000127. The van der Waals surface area contributed by atoms with Crippen molar-refractivity contribution in [3.8, 4) is 17.6 Å². The Morgan fingerprint density at radius 2 is 1.46 bits per heavy atom. The van der Waals surface area contributed by atoms with Gasteiger partial charge in [0.25, 0.3) is 0 Å². The molecule has 7 nitrogen and oxygen atoms in total. The van der Waals surface area contributed by atoms with Crippen LogP contribution in [0.1, 0.15) is 18.9 Å². The molecule has 0 heterocycles. The number of ether oxygens (including phenoxy) is 1. The van der Waals surface area contributed by atoms with Gasteiger partial charge in [0.05, 0.1) is 0 Å². The first-order valence-electron chi connectivity index (χ1n) is 6.12. The third-order valence-corrected chi connectivity index (χ3v) is 2.63. The molecule has 0 unspecified atom stereocenters. The fourth-order valence-corrected chi connectivity index (χ4v) is 1.71. The molecular formula is C18H15CrNO6. The Morgan fingerprint density at radius 1 is 1.00 bits per heavy atom. The maximum atomic E-state index is 7.50. The van der Waals surface area contributed by atoms with Crippen molar-refractivity contribution in [2.45, 2.75) is 13.3 Å². The molecule has 0 spiro atoms. The van der Waals surface area contributed by atoms with Crippen molar-refractivity contribution in [1.82, 2.24) is 5.32 Å². The molecule has 0 saturated carbocycles. The van der Waals surface area contributed by atoms with E-state index in [1.54, 1.807) is 7.11 Å². The summed E-state index contributed by atoms with van der Waals surface area (Å²) in [5, 5.41) is 3.29. The van der Waals surface area contributed by atoms with Gasteiger partial charge in [-0.15, -0.1) is 0 Å². The van der Waals surface area contributed by atoms with Gasteiger partial charge in [-0.05, 0) is 0 Å². The van der Waals surface area contributed by atoms with Gasteiger partial charge in [0.15, 0.2) is 0 Å². The first-order chi connectivity index (χ1) is 12.8. The fourth-order valence-electron chi connectivity index (χ4n) is 1.29. The van der Waals surface area contributed by atoms with Gasteiger partial charge in [-0.2, -0.15) is 0 Å². The molecule has 1 N–H and O–H groups in total. The second-order valence-electron chi connectivity index (χ2n) is 3.13. The zero-order valence-corrected chi connectivity index (χ0v) is 15.4. The number of nitrogens with one attached hydrogen (secondary N) is 1. The molecule has 0 atom stereocenters. The summed E-state index contributed by atoms with van der Waals surface area (Å²) in [5.74, 6) is 6.75. The topological polar surface area (TPSA) is 121 Å². The molecule has 0 aliphatic heterocycles. The zero-order chi connectivity index (χ0) is 21.8. The fraction of sp³-hybridized carbons (Fsp3) is 0.222. The van der Waals surface area contributed by atoms with Crippen molar-refractivity contribution in [1.29, 1.82) is 0 Å². The van der Waals surface area contributed by atoms with Crippen molar-refractivity contribution in [3.63, 3.8) is 0 Å². The average molecular weight is 393 g/mol. The summed E-state index contributed by atoms with van der Waals surface area (Å²) >= 11 is 3.02. The van der Waals surface area contributed by atoms with Crippen LogP contribution in [0, 0.1) is 45.1 Å². The minimum atomic E-state index is 0.835. The first-order valence-corrected chi connectivity index (χ1v) is 6.76. The molecule has 26 heavy (non-hydrogen) atoms. The number of para-hydroxylation sites is 1. The average Bonchev–Trinajstić information content (AvgIpc) is 2.78. The van der Waals surface area contributed by atoms with Crippen LogP contribution in [-0.4, -0.2) is 18.2 Å². The molecule has 8 heteroatoms. The molecule has 0 bridgehead atoms. The standard InChI is InChI=1S/C13H15NO.5CO.Cr/c1-3-4-7-10-14-11-12-8-5-6-9-13(12)15-2;5*1-2;/h5-6,8-9,14H,7,10H2,1-2H3;;;;;;. The summed E-state index contributed by atoms with van der Waals surface area (Å²) in [5.41, 5.74) is 1.05. The van der Waals surface area contributed by atoms with Crippen LogP contribution in [-0.2, 0) is 39.1 Å². The monoisotopic (exact) mass is 393 g/mol. The predicted molar refractivity (Wildman–Crippen MR) is 82.8 cm³/mol. The second-order valence-corrected chi connectivity index (χ2v) is 3.77. The molecule has 1 rings (SSSR count). The van der Waals surface area contributed by atoms with Crippen LogP contribution in [0.2, 0.25) is 0 Å². The van der Waals surface area contributed by atoms with Gasteiger partial charge in [0, 0.05) is 0 Å². The molecule has 0 aliphatic rings. The number of methoxy groups -OCH3 is 1. The Bertz CT molecular complexity index is 585. The van der Waals surface area contributed by atoms with Crippen LogP contribution in [0.5, 0.6) is 5.75 Å². The summed E-state index contributed by atoms with van der Waals surface area (Å²) in [6, 6.07) is 7.91. The Labute approximate surface area is 161 Å². The molecule has 1 aromatic carbocycles. The summed E-state index contributed by atoms with van der Waals surface area (Å²) < 4.78 is 43.8. The summed E-state index contributed by atoms with van der Waals surface area (Å²) in [6.45, 7) is 25.2. The Hall–Kier alpha value is -2.36. The van der Waals surface area contributed by atoms with Crippen molar-refractivity contribution >= 4 is 4.50 Å². The maximum absolute atomic E-state index is 7.50. The van der Waals surface area contributed by atoms with Crippen molar-refractivity contribution < 1.29 is 43.8 Å². The molecule has 0 fully saturated rings. The van der Waals surface area contributed by atoms with E-state index < -0.39 is 0 Å². The van der Waals surface area contributed by atoms with E-state index in [1.165, 1.54) is 0 Å². The molecule has 1 aromatic rings. The van der Waals surface area contributed by atoms with E-state index in [0.29, 0.717) is 0 Å². The quantitative estimate of drug-likeness (QED) is 0.353. The van der Waals surface area contributed by atoms with Crippen molar-refractivity contribution in [2.24, 2.45) is 0 Å². The van der Waals surface area contributed by atoms with Crippen LogP contribution in [0.15, 0.2) is 24.3 Å². The number of rotatable bonds is 5. The van der Waals surface area contributed by atoms with Gasteiger partial charge in [-0.25, -0.2) is 0 Å². The SMILES string of the molecule is CC#CCCN[C](=[Cr])c1ccccc1OC.[C-]#[O+].[C-]#[O+].[C-]#[O+].[C-]#[O+].[C-]#[O+]. The molecule has 0 aromatic heterocycles. The van der Waals surface area contributed by atoms with Gasteiger partial charge in [-0.1, -0.05) is 0 Å². The van der Waals surface area contributed by atoms with E-state index >= 15 is 0 Å². The van der Waals surface area contributed by atoms with E-state index in [-0.39, 0.29) is 0 Å². The van der Waals surface area contributed by atoms with Crippen molar-refractivity contribution in [2.75, 3.05) is 13.7 Å². The second kappa shape index (κ2) is 38.3. The molecule has 0 aliphatic carbocycles. The predicted octanol–water partition coefficient (Wildman–Crippen LogP) is 1.54. The van der Waals surface area contributed by atoms with Crippen LogP contribution < -0.4 is 10.1 Å². The number of benzene rings is 1. The molecule has 0 radical (unpaired) electrons. The van der Waals surface area contributed by atoms with E-state index in [1.807, 2.05) is 31.2 Å². The zero-order valence-electron chi connectivity index (χ0n) is 14.1. The van der Waals surface area contributed by atoms with Gasteiger partial charge in [-0.3, -0.25) is 0 Å². The van der Waals surface area contributed by atoms with Gasteiger partial charge in [0.1, 0.15) is 0 Å². The third kappa shape index (κ3) is 21.6. The summed E-state index contributed by atoms with van der Waals surface area (Å²) in [4.78, 5) is 0. The minimum absolute atomic E-state index is 0.835. The van der Waals surface area contributed by atoms with E-state index in [2.05, 4.69) is 66.3 Å². The first kappa shape index (κ1) is 34.9. The van der Waals surface area contributed by atoms with E-state index in [0.717, 1.165) is 28.8 Å². The Morgan fingerprint density at radius 3 is 1.88 bits per heavy atom. The van der Waals surface area contributed by atoms with E-state index in [4.69, 9.17) is 28.0 Å². The third-order valence-electron chi connectivity index (χ3n) is 2.06. The molecule has 0 saturated heterocycles. The molecule has 134 valence electrons. The van der Waals surface area contributed by atoms with Gasteiger partial charge >= 0.3 is 161 Å². The normalized spacial score (nSPS) is 6.00. The molecule has 0 amide bonds. The van der Waals surface area contributed by atoms with Crippen molar-refractivity contribution in [3.05, 3.63) is 63.1 Å². The van der Waals surface area contributed by atoms with Crippen LogP contribution in [0.3, 0.4) is 0 Å². The number of hydrogen-bond donors (Lipinski definition) is 1. The van der Waals surface area contributed by atoms with Crippen LogP contribution in [0.25, 0.3) is 0 Å². The number of hydrogen-bond acceptors (Lipinski definition) is 2. The summed E-state index contributed by atoms with van der Waals surface area (Å²) in [6.07, 6.45) is 0.844. The van der Waals surface area contributed by atoms with Gasteiger partial charge in [0.2, 0.25) is 0 Å². The molecular weight excluding hydrogens is 378 g/mol. The van der Waals surface area contributed by atoms with E-state index in [9.17, 15) is 0 Å². The van der Waals surface area contributed by atoms with Gasteiger partial charge < -0.3 is 0 Å². The Kier molecular flexibility index (Phi) is 51.4.